The largest absolute Gasteiger partial charge is 0.383 e. The molecule has 118 valence electrons. The highest BCUT2D eigenvalue weighted by molar-refractivity contribution is 6.30. The fraction of sp³-hybridized carbons (Fsp3) is 0.625. The van der Waals surface area contributed by atoms with E-state index in [9.17, 15) is 4.39 Å². The maximum atomic E-state index is 14.2. The number of hydrogen-bond donors (Lipinski definition) is 1. The van der Waals surface area contributed by atoms with Gasteiger partial charge in [0, 0.05) is 33.4 Å². The van der Waals surface area contributed by atoms with Gasteiger partial charge in [-0.05, 0) is 36.3 Å². The predicted octanol–water partition coefficient (Wildman–Crippen LogP) is 3.05. The van der Waals surface area contributed by atoms with Gasteiger partial charge in [-0.15, -0.1) is 0 Å². The first-order valence-electron chi connectivity index (χ1n) is 7.37. The average molecular weight is 316 g/mol. The van der Waals surface area contributed by atoms with Gasteiger partial charge in [0.1, 0.15) is 5.82 Å². The van der Waals surface area contributed by atoms with E-state index in [0.29, 0.717) is 18.6 Å². The minimum absolute atomic E-state index is 0.0253. The first-order chi connectivity index (χ1) is 10.2. The van der Waals surface area contributed by atoms with Crippen molar-refractivity contribution in [2.45, 2.75) is 19.3 Å². The van der Waals surface area contributed by atoms with Crippen molar-refractivity contribution in [1.82, 2.24) is 5.32 Å². The van der Waals surface area contributed by atoms with Crippen LogP contribution in [-0.2, 0) is 15.9 Å². The van der Waals surface area contributed by atoms with Crippen LogP contribution >= 0.6 is 11.6 Å². The van der Waals surface area contributed by atoms with E-state index >= 15 is 0 Å². The van der Waals surface area contributed by atoms with Crippen LogP contribution in [0.3, 0.4) is 0 Å². The maximum absolute atomic E-state index is 14.2. The lowest BCUT2D eigenvalue weighted by molar-refractivity contribution is 0.0139. The fourth-order valence-electron chi connectivity index (χ4n) is 2.84. The van der Waals surface area contributed by atoms with Gasteiger partial charge < -0.3 is 14.8 Å². The van der Waals surface area contributed by atoms with E-state index in [1.54, 1.807) is 13.2 Å². The molecule has 1 aliphatic heterocycles. The Bertz CT molecular complexity index is 450. The Hall–Kier alpha value is -0.680. The third-order valence-corrected chi connectivity index (χ3v) is 4.43. The molecule has 0 spiro atoms. The SMILES string of the molecule is COCCNCC1(Cc2cccc(Cl)c2F)CCOCC1. The molecule has 0 amide bonds. The van der Waals surface area contributed by atoms with Crippen molar-refractivity contribution in [2.24, 2.45) is 5.41 Å². The Morgan fingerprint density at radius 1 is 1.38 bits per heavy atom. The lowest BCUT2D eigenvalue weighted by Gasteiger charge is -2.38. The summed E-state index contributed by atoms with van der Waals surface area (Å²) in [6, 6.07) is 5.23. The second kappa shape index (κ2) is 8.08. The highest BCUT2D eigenvalue weighted by Crippen LogP contribution is 2.35. The molecule has 3 nitrogen and oxygen atoms in total. The Morgan fingerprint density at radius 3 is 2.86 bits per heavy atom. The Labute approximate surface area is 130 Å². The first kappa shape index (κ1) is 16.7. The normalized spacial score (nSPS) is 17.9. The summed E-state index contributed by atoms with van der Waals surface area (Å²) in [5, 5.41) is 3.61. The van der Waals surface area contributed by atoms with Gasteiger partial charge in [0.15, 0.2) is 0 Å². The fourth-order valence-corrected chi connectivity index (χ4v) is 3.03. The average Bonchev–Trinajstić information content (AvgIpc) is 2.50. The van der Waals surface area contributed by atoms with E-state index in [4.69, 9.17) is 21.1 Å². The molecule has 1 aromatic rings. The number of hydrogen-bond acceptors (Lipinski definition) is 3. The van der Waals surface area contributed by atoms with Crippen molar-refractivity contribution in [3.05, 3.63) is 34.6 Å². The van der Waals surface area contributed by atoms with Crippen molar-refractivity contribution >= 4 is 11.6 Å². The molecule has 5 heteroatoms. The van der Waals surface area contributed by atoms with Gasteiger partial charge in [0.05, 0.1) is 11.6 Å². The zero-order valence-corrected chi connectivity index (χ0v) is 13.2. The molecule has 1 saturated heterocycles. The third-order valence-electron chi connectivity index (χ3n) is 4.13. The highest BCUT2D eigenvalue weighted by atomic mass is 35.5. The quantitative estimate of drug-likeness (QED) is 0.785. The molecule has 0 unspecified atom stereocenters. The van der Waals surface area contributed by atoms with Crippen molar-refractivity contribution in [2.75, 3.05) is 40.0 Å². The number of nitrogens with one attached hydrogen (secondary N) is 1. The summed E-state index contributed by atoms with van der Waals surface area (Å²) in [4.78, 5) is 0. The molecule has 0 aromatic heterocycles. The van der Waals surface area contributed by atoms with Gasteiger partial charge in [0.2, 0.25) is 0 Å². The molecule has 1 aliphatic rings. The number of methoxy groups -OCH3 is 1. The standard InChI is InChI=1S/C16H23ClFNO2/c1-20-10-7-19-12-16(5-8-21-9-6-16)11-13-3-2-4-14(17)15(13)18/h2-4,19H,5-12H2,1H3. The monoisotopic (exact) mass is 315 g/mol. The molecule has 0 radical (unpaired) electrons. The molecule has 0 atom stereocenters. The summed E-state index contributed by atoms with van der Waals surface area (Å²) in [5.41, 5.74) is 0.718. The van der Waals surface area contributed by atoms with Crippen molar-refractivity contribution in [1.29, 1.82) is 0 Å². The molecular formula is C16H23ClFNO2. The van der Waals surface area contributed by atoms with Gasteiger partial charge in [-0.25, -0.2) is 4.39 Å². The van der Waals surface area contributed by atoms with E-state index < -0.39 is 0 Å². The van der Waals surface area contributed by atoms with Gasteiger partial charge in [-0.3, -0.25) is 0 Å². The predicted molar refractivity (Wildman–Crippen MR) is 82.3 cm³/mol. The molecule has 0 aliphatic carbocycles. The summed E-state index contributed by atoms with van der Waals surface area (Å²) >= 11 is 5.89. The second-order valence-electron chi connectivity index (χ2n) is 5.67. The summed E-state index contributed by atoms with van der Waals surface area (Å²) in [7, 11) is 1.69. The van der Waals surface area contributed by atoms with Crippen LogP contribution in [0.15, 0.2) is 18.2 Å². The summed E-state index contributed by atoms with van der Waals surface area (Å²) in [5.74, 6) is -0.290. The van der Waals surface area contributed by atoms with Crippen LogP contribution in [0.1, 0.15) is 18.4 Å². The van der Waals surface area contributed by atoms with Gasteiger partial charge in [0.25, 0.3) is 0 Å². The Kier molecular flexibility index (Phi) is 6.42. The summed E-state index contributed by atoms with van der Waals surface area (Å²) < 4.78 is 24.7. The third kappa shape index (κ3) is 4.65. The molecule has 2 rings (SSSR count). The molecule has 1 fully saturated rings. The van der Waals surface area contributed by atoms with E-state index in [2.05, 4.69) is 5.32 Å². The van der Waals surface area contributed by atoms with Crippen molar-refractivity contribution in [3.8, 4) is 0 Å². The highest BCUT2D eigenvalue weighted by Gasteiger charge is 2.33. The zero-order valence-electron chi connectivity index (χ0n) is 12.5. The van der Waals surface area contributed by atoms with Crippen LogP contribution in [0.2, 0.25) is 5.02 Å². The number of rotatable bonds is 7. The van der Waals surface area contributed by atoms with Crippen LogP contribution < -0.4 is 5.32 Å². The number of halogens is 2. The van der Waals surface area contributed by atoms with Crippen LogP contribution in [-0.4, -0.2) is 40.0 Å². The molecular weight excluding hydrogens is 293 g/mol. The van der Waals surface area contributed by atoms with Crippen molar-refractivity contribution in [3.63, 3.8) is 0 Å². The van der Waals surface area contributed by atoms with E-state index in [-0.39, 0.29) is 16.3 Å². The molecule has 0 bridgehead atoms. The van der Waals surface area contributed by atoms with Crippen LogP contribution in [0.5, 0.6) is 0 Å². The minimum Gasteiger partial charge on any atom is -0.383 e. The minimum atomic E-state index is -0.290. The van der Waals surface area contributed by atoms with Crippen LogP contribution in [0.4, 0.5) is 4.39 Å². The smallest absolute Gasteiger partial charge is 0.144 e. The molecule has 21 heavy (non-hydrogen) atoms. The lowest BCUT2D eigenvalue weighted by Crippen LogP contribution is -2.41. The summed E-state index contributed by atoms with van der Waals surface area (Å²) in [6.07, 6.45) is 2.54. The first-order valence-corrected chi connectivity index (χ1v) is 7.75. The van der Waals surface area contributed by atoms with E-state index in [0.717, 1.165) is 39.1 Å². The number of benzene rings is 1. The second-order valence-corrected chi connectivity index (χ2v) is 6.08. The number of ether oxygens (including phenoxy) is 2. The Balaban J connectivity index is 2.06. The van der Waals surface area contributed by atoms with Gasteiger partial charge >= 0.3 is 0 Å². The molecule has 1 N–H and O–H groups in total. The van der Waals surface area contributed by atoms with Gasteiger partial charge in [-0.2, -0.15) is 0 Å². The topological polar surface area (TPSA) is 30.5 Å². The summed E-state index contributed by atoms with van der Waals surface area (Å²) in [6.45, 7) is 3.78. The molecule has 0 saturated carbocycles. The van der Waals surface area contributed by atoms with E-state index in [1.807, 2.05) is 12.1 Å². The Morgan fingerprint density at radius 2 is 2.14 bits per heavy atom. The van der Waals surface area contributed by atoms with Crippen LogP contribution in [0, 0.1) is 11.2 Å². The van der Waals surface area contributed by atoms with Crippen LogP contribution in [0.25, 0.3) is 0 Å². The van der Waals surface area contributed by atoms with Gasteiger partial charge in [-0.1, -0.05) is 23.7 Å². The lowest BCUT2D eigenvalue weighted by atomic mass is 9.75. The molecule has 1 aromatic carbocycles. The zero-order chi connectivity index (χ0) is 15.1. The molecule has 1 heterocycles. The maximum Gasteiger partial charge on any atom is 0.144 e. The van der Waals surface area contributed by atoms with Crippen molar-refractivity contribution < 1.29 is 13.9 Å². The van der Waals surface area contributed by atoms with E-state index in [1.165, 1.54) is 0 Å².